The molecule has 0 fully saturated rings. The molecular formula is C17H15ClN4. The number of nitrogens with one attached hydrogen (secondary N) is 1. The van der Waals surface area contributed by atoms with Gasteiger partial charge in [0, 0.05) is 18.8 Å². The molecule has 0 spiro atoms. The lowest BCUT2D eigenvalue weighted by atomic mass is 10.3. The Labute approximate surface area is 134 Å². The molecule has 5 heteroatoms. The minimum atomic E-state index is 0.652. The number of para-hydroxylation sites is 2. The van der Waals surface area contributed by atoms with Gasteiger partial charge in [-0.2, -0.15) is 0 Å². The van der Waals surface area contributed by atoms with Gasteiger partial charge in [-0.15, -0.1) is 0 Å². The van der Waals surface area contributed by atoms with Crippen LogP contribution in [0.1, 0.15) is 0 Å². The second-order valence-corrected chi connectivity index (χ2v) is 5.17. The molecule has 0 unspecified atom stereocenters. The average Bonchev–Trinajstić information content (AvgIpc) is 2.57. The maximum Gasteiger partial charge on any atom is 0.138 e. The van der Waals surface area contributed by atoms with Gasteiger partial charge in [-0.3, -0.25) is 0 Å². The van der Waals surface area contributed by atoms with Crippen LogP contribution in [-0.4, -0.2) is 17.0 Å². The maximum absolute atomic E-state index is 6.16. The zero-order chi connectivity index (χ0) is 15.4. The van der Waals surface area contributed by atoms with E-state index in [1.54, 1.807) is 0 Å². The molecule has 0 aliphatic heterocycles. The number of nitrogens with zero attached hydrogens (tertiary/aromatic N) is 3. The number of rotatable bonds is 4. The molecule has 0 bridgehead atoms. The van der Waals surface area contributed by atoms with Crippen molar-refractivity contribution in [2.75, 3.05) is 17.3 Å². The molecule has 1 aromatic heterocycles. The number of aromatic nitrogens is 2. The Morgan fingerprint density at radius 1 is 0.955 bits per heavy atom. The highest BCUT2D eigenvalue weighted by Gasteiger charge is 2.07. The lowest BCUT2D eigenvalue weighted by molar-refractivity contribution is 1.08. The topological polar surface area (TPSA) is 41.0 Å². The fourth-order valence-corrected chi connectivity index (χ4v) is 2.27. The van der Waals surface area contributed by atoms with Crippen LogP contribution >= 0.6 is 11.6 Å². The smallest absolute Gasteiger partial charge is 0.138 e. The summed E-state index contributed by atoms with van der Waals surface area (Å²) in [5.41, 5.74) is 1.88. The Balaban J connectivity index is 1.85. The van der Waals surface area contributed by atoms with Crippen LogP contribution in [0.2, 0.25) is 5.02 Å². The Bertz CT molecular complexity index is 761. The zero-order valence-corrected chi connectivity index (χ0v) is 12.8. The molecule has 0 aliphatic rings. The third-order valence-corrected chi connectivity index (χ3v) is 3.61. The van der Waals surface area contributed by atoms with Gasteiger partial charge in [-0.05, 0) is 24.3 Å². The van der Waals surface area contributed by atoms with Crippen LogP contribution < -0.4 is 10.2 Å². The third-order valence-electron chi connectivity index (χ3n) is 3.28. The predicted molar refractivity (Wildman–Crippen MR) is 91.3 cm³/mol. The van der Waals surface area contributed by atoms with Gasteiger partial charge < -0.3 is 10.2 Å². The van der Waals surface area contributed by atoms with Crippen LogP contribution in [0.3, 0.4) is 0 Å². The molecule has 3 rings (SSSR count). The van der Waals surface area contributed by atoms with Crippen molar-refractivity contribution in [3.63, 3.8) is 0 Å². The van der Waals surface area contributed by atoms with E-state index in [0.29, 0.717) is 10.8 Å². The summed E-state index contributed by atoms with van der Waals surface area (Å²) >= 11 is 6.16. The van der Waals surface area contributed by atoms with E-state index in [0.717, 1.165) is 17.2 Å². The number of hydrogen-bond donors (Lipinski definition) is 1. The third kappa shape index (κ3) is 3.18. The quantitative estimate of drug-likeness (QED) is 0.762. The minimum Gasteiger partial charge on any atom is -0.339 e. The molecule has 1 heterocycles. The first kappa shape index (κ1) is 14.4. The van der Waals surface area contributed by atoms with E-state index in [-0.39, 0.29) is 0 Å². The Hall–Kier alpha value is -2.59. The summed E-state index contributed by atoms with van der Waals surface area (Å²) in [6.45, 7) is 0. The van der Waals surface area contributed by atoms with Gasteiger partial charge in [-0.25, -0.2) is 9.97 Å². The van der Waals surface area contributed by atoms with Gasteiger partial charge in [0.05, 0.1) is 10.7 Å². The molecule has 0 saturated carbocycles. The average molecular weight is 311 g/mol. The van der Waals surface area contributed by atoms with Crippen molar-refractivity contribution < 1.29 is 0 Å². The van der Waals surface area contributed by atoms with E-state index in [4.69, 9.17) is 11.6 Å². The van der Waals surface area contributed by atoms with Crippen LogP contribution in [0, 0.1) is 0 Å². The first-order valence-corrected chi connectivity index (χ1v) is 7.24. The molecule has 0 amide bonds. The number of benzene rings is 2. The fraction of sp³-hybridized carbons (Fsp3) is 0.0588. The van der Waals surface area contributed by atoms with Gasteiger partial charge in [0.1, 0.15) is 18.0 Å². The van der Waals surface area contributed by atoms with Crippen molar-refractivity contribution in [3.05, 3.63) is 72.0 Å². The van der Waals surface area contributed by atoms with Crippen molar-refractivity contribution in [2.24, 2.45) is 0 Å². The van der Waals surface area contributed by atoms with Crippen molar-refractivity contribution in [1.82, 2.24) is 9.97 Å². The van der Waals surface area contributed by atoms with Gasteiger partial charge in [-0.1, -0.05) is 41.9 Å². The number of anilines is 4. The highest BCUT2D eigenvalue weighted by atomic mass is 35.5. The number of halogens is 1. The second kappa shape index (κ2) is 6.45. The summed E-state index contributed by atoms with van der Waals surface area (Å²) in [6.07, 6.45) is 1.54. The minimum absolute atomic E-state index is 0.652. The van der Waals surface area contributed by atoms with E-state index >= 15 is 0 Å². The van der Waals surface area contributed by atoms with Crippen LogP contribution in [-0.2, 0) is 0 Å². The van der Waals surface area contributed by atoms with Crippen LogP contribution in [0.25, 0.3) is 0 Å². The normalized spacial score (nSPS) is 10.3. The molecule has 2 aromatic carbocycles. The lowest BCUT2D eigenvalue weighted by Gasteiger charge is -2.18. The molecule has 22 heavy (non-hydrogen) atoms. The highest BCUT2D eigenvalue weighted by molar-refractivity contribution is 6.33. The lowest BCUT2D eigenvalue weighted by Crippen LogP contribution is -2.11. The number of hydrogen-bond acceptors (Lipinski definition) is 4. The summed E-state index contributed by atoms with van der Waals surface area (Å²) < 4.78 is 0. The molecule has 0 aliphatic carbocycles. The summed E-state index contributed by atoms with van der Waals surface area (Å²) in [5.74, 6) is 1.50. The second-order valence-electron chi connectivity index (χ2n) is 4.76. The molecule has 3 aromatic rings. The van der Waals surface area contributed by atoms with Crippen LogP contribution in [0.15, 0.2) is 67.0 Å². The Morgan fingerprint density at radius 3 is 2.45 bits per heavy atom. The summed E-state index contributed by atoms with van der Waals surface area (Å²) in [5, 5.41) is 3.86. The van der Waals surface area contributed by atoms with Crippen LogP contribution in [0.4, 0.5) is 23.0 Å². The summed E-state index contributed by atoms with van der Waals surface area (Å²) in [4.78, 5) is 10.6. The summed E-state index contributed by atoms with van der Waals surface area (Å²) in [7, 11) is 1.97. The first-order chi connectivity index (χ1) is 10.7. The SMILES string of the molecule is CN(c1ccccc1)c1cc(Nc2ccccc2Cl)ncn1. The molecule has 0 radical (unpaired) electrons. The van der Waals surface area contributed by atoms with Crippen molar-refractivity contribution in [1.29, 1.82) is 0 Å². The van der Waals surface area contributed by atoms with Gasteiger partial charge in [0.25, 0.3) is 0 Å². The molecule has 4 nitrogen and oxygen atoms in total. The van der Waals surface area contributed by atoms with E-state index in [9.17, 15) is 0 Å². The largest absolute Gasteiger partial charge is 0.339 e. The van der Waals surface area contributed by atoms with E-state index in [2.05, 4.69) is 15.3 Å². The Kier molecular flexibility index (Phi) is 4.21. The zero-order valence-electron chi connectivity index (χ0n) is 12.1. The molecule has 0 saturated heterocycles. The van der Waals surface area contributed by atoms with Crippen LogP contribution in [0.5, 0.6) is 0 Å². The Morgan fingerprint density at radius 2 is 1.68 bits per heavy atom. The predicted octanol–water partition coefficient (Wildman–Crippen LogP) is 4.64. The molecule has 1 N–H and O–H groups in total. The molecule has 0 atom stereocenters. The maximum atomic E-state index is 6.16. The molecule has 110 valence electrons. The standard InChI is InChI=1S/C17H15ClN4/c1-22(13-7-3-2-4-8-13)17-11-16(19-12-20-17)21-15-10-6-5-9-14(15)18/h2-12H,1H3,(H,19,20,21). The van der Waals surface area contributed by atoms with E-state index in [1.165, 1.54) is 6.33 Å². The van der Waals surface area contributed by atoms with Gasteiger partial charge in [0.15, 0.2) is 0 Å². The molecular weight excluding hydrogens is 296 g/mol. The van der Waals surface area contributed by atoms with E-state index < -0.39 is 0 Å². The van der Waals surface area contributed by atoms with E-state index in [1.807, 2.05) is 72.6 Å². The fourth-order valence-electron chi connectivity index (χ4n) is 2.08. The highest BCUT2D eigenvalue weighted by Crippen LogP contribution is 2.26. The monoisotopic (exact) mass is 310 g/mol. The summed E-state index contributed by atoms with van der Waals surface area (Å²) in [6, 6.07) is 19.5. The van der Waals surface area contributed by atoms with Crippen molar-refractivity contribution in [3.8, 4) is 0 Å². The van der Waals surface area contributed by atoms with Crippen molar-refractivity contribution >= 4 is 34.6 Å². The first-order valence-electron chi connectivity index (χ1n) is 6.86. The van der Waals surface area contributed by atoms with Gasteiger partial charge in [0.2, 0.25) is 0 Å². The van der Waals surface area contributed by atoms with Gasteiger partial charge >= 0.3 is 0 Å². The van der Waals surface area contributed by atoms with Crippen molar-refractivity contribution in [2.45, 2.75) is 0 Å².